The Kier molecular flexibility index (Phi) is 9.73. The van der Waals surface area contributed by atoms with E-state index in [0.717, 1.165) is 57.6 Å². The van der Waals surface area contributed by atoms with E-state index in [1.807, 2.05) is 97.9 Å². The van der Waals surface area contributed by atoms with Gasteiger partial charge < -0.3 is 15.0 Å². The summed E-state index contributed by atoms with van der Waals surface area (Å²) in [6.07, 6.45) is 5.84. The molecule has 5 nitrogen and oxygen atoms in total. The lowest BCUT2D eigenvalue weighted by Crippen LogP contribution is -2.53. The molecule has 1 fully saturated rings. The molecule has 0 bridgehead atoms. The Bertz CT molecular complexity index is 1470. The monoisotopic (exact) mass is 612 g/mol. The van der Waals surface area contributed by atoms with E-state index in [1.165, 1.54) is 6.42 Å². The number of amides is 2. The van der Waals surface area contributed by atoms with Crippen LogP contribution in [-0.4, -0.2) is 35.4 Å². The Labute approximate surface area is 251 Å². The minimum absolute atomic E-state index is 0.104. The number of ether oxygens (including phenoxy) is 1. The van der Waals surface area contributed by atoms with Crippen LogP contribution in [0.2, 0.25) is 0 Å². The second-order valence-corrected chi connectivity index (χ2v) is 11.7. The molecule has 1 aliphatic carbocycles. The largest absolute Gasteiger partial charge is 0.483 e. The van der Waals surface area contributed by atoms with Gasteiger partial charge in [0.1, 0.15) is 11.8 Å². The van der Waals surface area contributed by atoms with Crippen LogP contribution in [0.4, 0.5) is 0 Å². The van der Waals surface area contributed by atoms with Gasteiger partial charge in [-0.1, -0.05) is 110 Å². The number of hydrogen-bond donors (Lipinski definition) is 1. The highest BCUT2D eigenvalue weighted by Crippen LogP contribution is 2.33. The van der Waals surface area contributed by atoms with Gasteiger partial charge in [-0.05, 0) is 63.7 Å². The van der Waals surface area contributed by atoms with E-state index in [4.69, 9.17) is 4.74 Å². The summed E-state index contributed by atoms with van der Waals surface area (Å²) in [4.78, 5) is 29.6. The number of nitrogens with zero attached hydrogens (tertiary/aromatic N) is 1. The van der Waals surface area contributed by atoms with E-state index in [1.54, 1.807) is 4.90 Å². The number of aryl methyl sites for hydroxylation is 1. The van der Waals surface area contributed by atoms with Gasteiger partial charge in [-0.3, -0.25) is 9.59 Å². The zero-order chi connectivity index (χ0) is 28.6. The molecule has 0 saturated heterocycles. The fourth-order valence-electron chi connectivity index (χ4n) is 5.54. The quantitative estimate of drug-likeness (QED) is 0.203. The summed E-state index contributed by atoms with van der Waals surface area (Å²) in [5, 5.41) is 5.39. The van der Waals surface area contributed by atoms with Gasteiger partial charge in [-0.15, -0.1) is 0 Å². The zero-order valence-electron chi connectivity index (χ0n) is 23.5. The molecule has 4 aromatic rings. The van der Waals surface area contributed by atoms with E-state index < -0.39 is 6.04 Å². The van der Waals surface area contributed by atoms with Gasteiger partial charge in [-0.2, -0.15) is 0 Å². The third-order valence-corrected chi connectivity index (χ3v) is 8.69. The maximum atomic E-state index is 14.0. The van der Waals surface area contributed by atoms with Gasteiger partial charge in [0, 0.05) is 19.0 Å². The van der Waals surface area contributed by atoms with E-state index in [-0.39, 0.29) is 24.5 Å². The smallest absolute Gasteiger partial charge is 0.261 e. The molecule has 1 N–H and O–H groups in total. The van der Waals surface area contributed by atoms with Crippen molar-refractivity contribution in [2.75, 3.05) is 6.61 Å². The number of benzene rings is 4. The Morgan fingerprint density at radius 3 is 2.34 bits per heavy atom. The third-order valence-electron chi connectivity index (χ3n) is 7.88. The van der Waals surface area contributed by atoms with Crippen LogP contribution in [0.25, 0.3) is 10.8 Å². The Balaban J connectivity index is 1.42. The van der Waals surface area contributed by atoms with Crippen molar-refractivity contribution in [2.45, 2.75) is 64.1 Å². The van der Waals surface area contributed by atoms with Crippen molar-refractivity contribution >= 4 is 38.5 Å². The van der Waals surface area contributed by atoms with Crippen LogP contribution in [0.5, 0.6) is 5.75 Å². The lowest BCUT2D eigenvalue weighted by molar-refractivity contribution is -0.143. The van der Waals surface area contributed by atoms with Crippen molar-refractivity contribution in [1.29, 1.82) is 0 Å². The predicted octanol–water partition coefficient (Wildman–Crippen LogP) is 7.38. The highest BCUT2D eigenvalue weighted by molar-refractivity contribution is 9.10. The van der Waals surface area contributed by atoms with E-state index in [2.05, 4.69) is 21.2 Å². The van der Waals surface area contributed by atoms with Crippen LogP contribution in [0, 0.1) is 6.92 Å². The van der Waals surface area contributed by atoms with E-state index in [0.29, 0.717) is 18.7 Å². The molecule has 4 aromatic carbocycles. The molecule has 5 rings (SSSR count). The average molecular weight is 614 g/mol. The molecular formula is C35H37BrN2O3. The number of hydrogen-bond acceptors (Lipinski definition) is 3. The van der Waals surface area contributed by atoms with Crippen molar-refractivity contribution in [1.82, 2.24) is 10.2 Å². The molecule has 0 radical (unpaired) electrons. The minimum atomic E-state index is -0.670. The molecule has 41 heavy (non-hydrogen) atoms. The van der Waals surface area contributed by atoms with Crippen LogP contribution in [-0.2, 0) is 22.6 Å². The molecule has 2 amide bonds. The second kappa shape index (κ2) is 13.8. The number of carbonyl (C=O) groups is 2. The Morgan fingerprint density at radius 1 is 0.878 bits per heavy atom. The summed E-state index contributed by atoms with van der Waals surface area (Å²) in [6.45, 7) is 2.18. The SMILES string of the molecule is Cc1ccc(CN(C(=O)COc2ccc3ccccc3c2Br)[C@@H](Cc2ccccc2)C(=O)NC2CCCCC2)cc1. The summed E-state index contributed by atoms with van der Waals surface area (Å²) in [5.41, 5.74) is 3.13. The highest BCUT2D eigenvalue weighted by Gasteiger charge is 2.32. The Morgan fingerprint density at radius 2 is 1.59 bits per heavy atom. The average Bonchev–Trinajstić information content (AvgIpc) is 3.00. The fraction of sp³-hybridized carbons (Fsp3) is 0.314. The van der Waals surface area contributed by atoms with Crippen molar-refractivity contribution < 1.29 is 14.3 Å². The summed E-state index contributed by atoms with van der Waals surface area (Å²) < 4.78 is 6.91. The molecule has 0 aromatic heterocycles. The lowest BCUT2D eigenvalue weighted by atomic mass is 9.94. The first-order valence-corrected chi connectivity index (χ1v) is 15.3. The third kappa shape index (κ3) is 7.56. The maximum absolute atomic E-state index is 14.0. The summed E-state index contributed by atoms with van der Waals surface area (Å²) >= 11 is 3.67. The summed E-state index contributed by atoms with van der Waals surface area (Å²) in [7, 11) is 0. The number of nitrogens with one attached hydrogen (secondary N) is 1. The van der Waals surface area contributed by atoms with Crippen LogP contribution in [0.15, 0.2) is 95.5 Å². The van der Waals surface area contributed by atoms with Gasteiger partial charge in [0.05, 0.1) is 4.47 Å². The molecule has 6 heteroatoms. The van der Waals surface area contributed by atoms with Gasteiger partial charge >= 0.3 is 0 Å². The predicted molar refractivity (Wildman–Crippen MR) is 168 cm³/mol. The molecule has 0 heterocycles. The molecule has 0 spiro atoms. The first-order valence-electron chi connectivity index (χ1n) is 14.5. The molecule has 0 aliphatic heterocycles. The fourth-order valence-corrected chi connectivity index (χ4v) is 6.14. The van der Waals surface area contributed by atoms with Gasteiger partial charge in [0.25, 0.3) is 5.91 Å². The normalized spacial score (nSPS) is 14.4. The molecule has 1 aliphatic rings. The van der Waals surface area contributed by atoms with Gasteiger partial charge in [0.2, 0.25) is 5.91 Å². The number of halogens is 1. The van der Waals surface area contributed by atoms with Crippen LogP contribution in [0.3, 0.4) is 0 Å². The van der Waals surface area contributed by atoms with Crippen LogP contribution in [0.1, 0.15) is 48.8 Å². The van der Waals surface area contributed by atoms with E-state index in [9.17, 15) is 9.59 Å². The van der Waals surface area contributed by atoms with Gasteiger partial charge in [-0.25, -0.2) is 0 Å². The number of carbonyl (C=O) groups excluding carboxylic acids is 2. The first kappa shape index (κ1) is 28.9. The van der Waals surface area contributed by atoms with Crippen LogP contribution >= 0.6 is 15.9 Å². The summed E-state index contributed by atoms with van der Waals surface area (Å²) in [6, 6.07) is 29.4. The molecule has 1 saturated carbocycles. The lowest BCUT2D eigenvalue weighted by Gasteiger charge is -2.33. The number of fused-ring (bicyclic) bond motifs is 1. The Hall–Kier alpha value is -3.64. The van der Waals surface area contributed by atoms with E-state index >= 15 is 0 Å². The molecule has 1 atom stereocenters. The second-order valence-electron chi connectivity index (χ2n) is 10.9. The van der Waals surface area contributed by atoms with Crippen molar-refractivity contribution in [3.8, 4) is 5.75 Å². The summed E-state index contributed by atoms with van der Waals surface area (Å²) in [5.74, 6) is 0.261. The highest BCUT2D eigenvalue weighted by atomic mass is 79.9. The topological polar surface area (TPSA) is 58.6 Å². The van der Waals surface area contributed by atoms with Crippen molar-refractivity contribution in [3.63, 3.8) is 0 Å². The number of rotatable bonds is 10. The van der Waals surface area contributed by atoms with Crippen molar-refractivity contribution in [2.24, 2.45) is 0 Å². The molecule has 0 unspecified atom stereocenters. The van der Waals surface area contributed by atoms with Crippen molar-refractivity contribution in [3.05, 3.63) is 112 Å². The zero-order valence-corrected chi connectivity index (χ0v) is 25.1. The van der Waals surface area contributed by atoms with Gasteiger partial charge in [0.15, 0.2) is 6.61 Å². The standard InChI is InChI=1S/C35H37BrN2O3/c1-25-16-18-27(19-17-25)23-38(33(39)24-41-32-21-20-28-12-8-9-15-30(28)34(32)36)31(22-26-10-4-2-5-11-26)35(40)37-29-13-6-3-7-14-29/h2,4-5,8-12,15-21,29,31H,3,6-7,13-14,22-24H2,1H3,(H,37,40)/t31-/m0/s1. The van der Waals surface area contributed by atoms with Crippen LogP contribution < -0.4 is 10.1 Å². The molecular weight excluding hydrogens is 576 g/mol. The maximum Gasteiger partial charge on any atom is 0.261 e. The first-order chi connectivity index (χ1) is 20.0. The minimum Gasteiger partial charge on any atom is -0.483 e. The molecule has 212 valence electrons.